The fraction of sp³-hybridized carbons (Fsp3) is 0.200. The van der Waals surface area contributed by atoms with E-state index in [4.69, 9.17) is 4.74 Å². The summed E-state index contributed by atoms with van der Waals surface area (Å²) in [5.74, 6) is 0.648. The summed E-state index contributed by atoms with van der Waals surface area (Å²) in [6.45, 7) is 1.38. The van der Waals surface area contributed by atoms with Crippen LogP contribution < -0.4 is 10.1 Å². The third kappa shape index (κ3) is 4.28. The van der Waals surface area contributed by atoms with Crippen molar-refractivity contribution < 1.29 is 9.66 Å². The third-order valence-corrected chi connectivity index (χ3v) is 2.74. The number of nitrogens with zero attached hydrogens (tertiary/aromatic N) is 1. The Labute approximate surface area is 117 Å². The van der Waals surface area contributed by atoms with Crippen LogP contribution in [0.15, 0.2) is 54.6 Å². The highest BCUT2D eigenvalue weighted by Gasteiger charge is 2.03. The van der Waals surface area contributed by atoms with Gasteiger partial charge in [-0.25, -0.2) is 0 Å². The van der Waals surface area contributed by atoms with Gasteiger partial charge in [0.1, 0.15) is 5.75 Å². The van der Waals surface area contributed by atoms with Crippen LogP contribution in [0.25, 0.3) is 0 Å². The smallest absolute Gasteiger partial charge is 0.269 e. The quantitative estimate of drug-likeness (QED) is 0.476. The van der Waals surface area contributed by atoms with Crippen molar-refractivity contribution in [1.82, 2.24) is 0 Å². The first kappa shape index (κ1) is 13.9. The van der Waals surface area contributed by atoms with Crippen molar-refractivity contribution in [2.45, 2.75) is 6.42 Å². The van der Waals surface area contributed by atoms with Gasteiger partial charge in [0.25, 0.3) is 5.69 Å². The SMILES string of the molecule is O=[N+]([O-])c1ccc(OCCCNc2ccccc2)cc1. The molecule has 2 aromatic rings. The molecule has 0 amide bonds. The molecule has 0 atom stereocenters. The zero-order valence-electron chi connectivity index (χ0n) is 11.0. The number of anilines is 1. The lowest BCUT2D eigenvalue weighted by Crippen LogP contribution is -2.07. The van der Waals surface area contributed by atoms with Crippen LogP contribution in [0.4, 0.5) is 11.4 Å². The first-order chi connectivity index (χ1) is 9.75. The molecular formula is C15H16N2O3. The van der Waals surface area contributed by atoms with Crippen LogP contribution in [0.1, 0.15) is 6.42 Å². The lowest BCUT2D eigenvalue weighted by molar-refractivity contribution is -0.384. The summed E-state index contributed by atoms with van der Waals surface area (Å²) in [6, 6.07) is 16.1. The third-order valence-electron chi connectivity index (χ3n) is 2.74. The molecule has 0 fully saturated rings. The number of hydrogen-bond acceptors (Lipinski definition) is 4. The summed E-state index contributed by atoms with van der Waals surface area (Å²) in [7, 11) is 0. The van der Waals surface area contributed by atoms with E-state index in [1.54, 1.807) is 12.1 Å². The van der Waals surface area contributed by atoms with Gasteiger partial charge in [0.2, 0.25) is 0 Å². The monoisotopic (exact) mass is 272 g/mol. The fourth-order valence-electron chi connectivity index (χ4n) is 1.71. The molecule has 1 N–H and O–H groups in total. The molecule has 5 heteroatoms. The van der Waals surface area contributed by atoms with Crippen LogP contribution in [0.3, 0.4) is 0 Å². The molecule has 20 heavy (non-hydrogen) atoms. The second-order valence-electron chi connectivity index (χ2n) is 4.25. The molecule has 2 aromatic carbocycles. The zero-order chi connectivity index (χ0) is 14.2. The zero-order valence-corrected chi connectivity index (χ0v) is 11.0. The van der Waals surface area contributed by atoms with Gasteiger partial charge in [-0.3, -0.25) is 10.1 Å². The summed E-state index contributed by atoms with van der Waals surface area (Å²) >= 11 is 0. The summed E-state index contributed by atoms with van der Waals surface area (Å²) in [4.78, 5) is 10.1. The molecule has 0 spiro atoms. The van der Waals surface area contributed by atoms with E-state index < -0.39 is 4.92 Å². The molecule has 104 valence electrons. The van der Waals surface area contributed by atoms with E-state index >= 15 is 0 Å². The second-order valence-corrected chi connectivity index (χ2v) is 4.25. The van der Waals surface area contributed by atoms with E-state index in [2.05, 4.69) is 5.32 Å². The molecule has 0 aromatic heterocycles. The molecule has 0 saturated heterocycles. The van der Waals surface area contributed by atoms with E-state index in [-0.39, 0.29) is 5.69 Å². The summed E-state index contributed by atoms with van der Waals surface area (Å²) in [6.07, 6.45) is 0.853. The van der Waals surface area contributed by atoms with Crippen LogP contribution in [-0.4, -0.2) is 18.1 Å². The highest BCUT2D eigenvalue weighted by Crippen LogP contribution is 2.17. The molecule has 2 rings (SSSR count). The minimum Gasteiger partial charge on any atom is -0.494 e. The Kier molecular flexibility index (Phi) is 4.94. The van der Waals surface area contributed by atoms with Crippen molar-refractivity contribution >= 4 is 11.4 Å². The van der Waals surface area contributed by atoms with Crippen molar-refractivity contribution in [1.29, 1.82) is 0 Å². The van der Waals surface area contributed by atoms with Crippen LogP contribution in [0.2, 0.25) is 0 Å². The predicted octanol–water partition coefficient (Wildman–Crippen LogP) is 3.48. The van der Waals surface area contributed by atoms with E-state index in [0.29, 0.717) is 12.4 Å². The van der Waals surface area contributed by atoms with E-state index in [9.17, 15) is 10.1 Å². The van der Waals surface area contributed by atoms with Crippen molar-refractivity contribution in [2.75, 3.05) is 18.5 Å². The van der Waals surface area contributed by atoms with Gasteiger partial charge in [-0.2, -0.15) is 0 Å². The normalized spacial score (nSPS) is 10.0. The maximum Gasteiger partial charge on any atom is 0.269 e. The first-order valence-electron chi connectivity index (χ1n) is 6.42. The van der Waals surface area contributed by atoms with Gasteiger partial charge in [-0.1, -0.05) is 18.2 Å². The van der Waals surface area contributed by atoms with Gasteiger partial charge in [0, 0.05) is 24.4 Å². The van der Waals surface area contributed by atoms with Crippen LogP contribution in [-0.2, 0) is 0 Å². The summed E-state index contributed by atoms with van der Waals surface area (Å²) < 4.78 is 5.52. The molecule has 5 nitrogen and oxygen atoms in total. The number of non-ortho nitro benzene ring substituents is 1. The average molecular weight is 272 g/mol. The Hall–Kier alpha value is -2.56. The van der Waals surface area contributed by atoms with Gasteiger partial charge in [-0.15, -0.1) is 0 Å². The minimum absolute atomic E-state index is 0.0723. The van der Waals surface area contributed by atoms with Crippen molar-refractivity contribution in [2.24, 2.45) is 0 Å². The Morgan fingerprint density at radius 3 is 2.40 bits per heavy atom. The number of ether oxygens (including phenoxy) is 1. The average Bonchev–Trinajstić information content (AvgIpc) is 2.48. The Morgan fingerprint density at radius 1 is 1.05 bits per heavy atom. The summed E-state index contributed by atoms with van der Waals surface area (Å²) in [5.41, 5.74) is 1.16. The summed E-state index contributed by atoms with van der Waals surface area (Å²) in [5, 5.41) is 13.8. The number of para-hydroxylation sites is 1. The molecule has 0 aliphatic heterocycles. The minimum atomic E-state index is -0.423. The van der Waals surface area contributed by atoms with Crippen LogP contribution in [0.5, 0.6) is 5.75 Å². The standard InChI is InChI=1S/C15H16N2O3/c18-17(19)14-7-9-15(10-8-14)20-12-4-11-16-13-5-2-1-3-6-13/h1-3,5-10,16H,4,11-12H2. The molecule has 0 aliphatic rings. The maximum atomic E-state index is 10.5. The Morgan fingerprint density at radius 2 is 1.75 bits per heavy atom. The van der Waals surface area contributed by atoms with Crippen LogP contribution in [0, 0.1) is 10.1 Å². The first-order valence-corrected chi connectivity index (χ1v) is 6.42. The molecule has 0 aliphatic carbocycles. The Balaban J connectivity index is 1.67. The Bertz CT molecular complexity index is 541. The van der Waals surface area contributed by atoms with Gasteiger partial charge in [-0.05, 0) is 30.7 Å². The number of nitro benzene ring substituents is 1. The number of nitro groups is 1. The van der Waals surface area contributed by atoms with Crippen LogP contribution >= 0.6 is 0 Å². The number of nitrogens with one attached hydrogen (secondary N) is 1. The maximum absolute atomic E-state index is 10.5. The van der Waals surface area contributed by atoms with Gasteiger partial charge in [0.05, 0.1) is 11.5 Å². The topological polar surface area (TPSA) is 64.4 Å². The molecule has 0 heterocycles. The van der Waals surface area contributed by atoms with E-state index in [0.717, 1.165) is 18.7 Å². The predicted molar refractivity (Wildman–Crippen MR) is 78.1 cm³/mol. The van der Waals surface area contributed by atoms with Gasteiger partial charge in [0.15, 0.2) is 0 Å². The largest absolute Gasteiger partial charge is 0.494 e. The van der Waals surface area contributed by atoms with Crippen molar-refractivity contribution in [3.8, 4) is 5.75 Å². The van der Waals surface area contributed by atoms with E-state index in [1.165, 1.54) is 12.1 Å². The number of benzene rings is 2. The molecule has 0 unspecified atom stereocenters. The van der Waals surface area contributed by atoms with E-state index in [1.807, 2.05) is 30.3 Å². The van der Waals surface area contributed by atoms with Crippen molar-refractivity contribution in [3.63, 3.8) is 0 Å². The van der Waals surface area contributed by atoms with Gasteiger partial charge >= 0.3 is 0 Å². The highest BCUT2D eigenvalue weighted by atomic mass is 16.6. The molecule has 0 saturated carbocycles. The molecular weight excluding hydrogens is 256 g/mol. The highest BCUT2D eigenvalue weighted by molar-refractivity contribution is 5.42. The fourth-order valence-corrected chi connectivity index (χ4v) is 1.71. The van der Waals surface area contributed by atoms with Gasteiger partial charge < -0.3 is 10.1 Å². The number of rotatable bonds is 7. The second kappa shape index (κ2) is 7.13. The lowest BCUT2D eigenvalue weighted by atomic mass is 10.3. The number of hydrogen-bond donors (Lipinski definition) is 1. The molecule has 0 radical (unpaired) electrons. The lowest BCUT2D eigenvalue weighted by Gasteiger charge is -2.08. The molecule has 0 bridgehead atoms. The van der Waals surface area contributed by atoms with Crippen molar-refractivity contribution in [3.05, 3.63) is 64.7 Å².